The Morgan fingerprint density at radius 3 is 3.00 bits per heavy atom. The maximum absolute atomic E-state index is 12.0. The van der Waals surface area contributed by atoms with Crippen molar-refractivity contribution in [3.8, 4) is 0 Å². The van der Waals surface area contributed by atoms with E-state index in [9.17, 15) is 4.79 Å². The van der Waals surface area contributed by atoms with Crippen molar-refractivity contribution in [1.82, 2.24) is 0 Å². The second kappa shape index (κ2) is 4.58. The molecule has 0 N–H and O–H groups in total. The first kappa shape index (κ1) is 10.4. The quantitative estimate of drug-likeness (QED) is 0.756. The van der Waals surface area contributed by atoms with E-state index in [0.717, 1.165) is 24.8 Å². The lowest BCUT2D eigenvalue weighted by atomic mass is 9.89. The molecule has 0 fully saturated rings. The fourth-order valence-electron chi connectivity index (χ4n) is 1.99. The maximum Gasteiger partial charge on any atom is 0.191 e. The molecule has 0 heterocycles. The van der Waals surface area contributed by atoms with Gasteiger partial charge in [-0.15, -0.1) is 0 Å². The molecule has 0 amide bonds. The van der Waals surface area contributed by atoms with Crippen LogP contribution in [0.5, 0.6) is 0 Å². The van der Waals surface area contributed by atoms with E-state index in [1.165, 1.54) is 5.56 Å². The SMILES string of the molecule is CCCOC1CCc2ccccc2C1=O. The number of carbonyl (C=O) groups is 1. The van der Waals surface area contributed by atoms with Gasteiger partial charge in [-0.05, 0) is 24.8 Å². The highest BCUT2D eigenvalue weighted by Gasteiger charge is 2.27. The Kier molecular flexibility index (Phi) is 3.17. The summed E-state index contributed by atoms with van der Waals surface area (Å²) in [6.07, 6.45) is 2.54. The first-order valence-corrected chi connectivity index (χ1v) is 5.56. The van der Waals surface area contributed by atoms with Crippen molar-refractivity contribution in [3.63, 3.8) is 0 Å². The molecule has 1 aliphatic carbocycles. The second-order valence-corrected chi connectivity index (χ2v) is 3.92. The topological polar surface area (TPSA) is 26.3 Å². The summed E-state index contributed by atoms with van der Waals surface area (Å²) in [5.41, 5.74) is 2.02. The Labute approximate surface area is 90.3 Å². The van der Waals surface area contributed by atoms with Gasteiger partial charge in [0.05, 0.1) is 0 Å². The number of fused-ring (bicyclic) bond motifs is 1. The molecule has 1 aliphatic rings. The zero-order valence-electron chi connectivity index (χ0n) is 9.03. The van der Waals surface area contributed by atoms with Crippen molar-refractivity contribution < 1.29 is 9.53 Å². The van der Waals surface area contributed by atoms with Crippen LogP contribution in [-0.2, 0) is 11.2 Å². The summed E-state index contributed by atoms with van der Waals surface area (Å²) in [4.78, 5) is 12.0. The van der Waals surface area contributed by atoms with Crippen LogP contribution in [0, 0.1) is 0 Å². The Morgan fingerprint density at radius 1 is 1.40 bits per heavy atom. The summed E-state index contributed by atoms with van der Waals surface area (Å²) in [6.45, 7) is 2.74. The average Bonchev–Trinajstić information content (AvgIpc) is 2.29. The molecule has 0 radical (unpaired) electrons. The molecule has 2 nitrogen and oxygen atoms in total. The molecule has 0 saturated heterocycles. The zero-order valence-corrected chi connectivity index (χ0v) is 9.03. The normalized spacial score (nSPS) is 20.1. The summed E-state index contributed by atoms with van der Waals surface area (Å²) < 4.78 is 5.55. The molecular formula is C13H16O2. The number of rotatable bonds is 3. The van der Waals surface area contributed by atoms with E-state index in [4.69, 9.17) is 4.74 Å². The monoisotopic (exact) mass is 204 g/mol. The van der Waals surface area contributed by atoms with E-state index in [1.54, 1.807) is 0 Å². The minimum Gasteiger partial charge on any atom is -0.370 e. The van der Waals surface area contributed by atoms with E-state index in [-0.39, 0.29) is 11.9 Å². The third kappa shape index (κ3) is 2.10. The highest BCUT2D eigenvalue weighted by atomic mass is 16.5. The minimum absolute atomic E-state index is 0.158. The number of Topliss-reactive ketones (excluding diaryl/α,β-unsaturated/α-hetero) is 1. The lowest BCUT2D eigenvalue weighted by Crippen LogP contribution is -2.30. The molecule has 0 aliphatic heterocycles. The molecule has 0 saturated carbocycles. The number of ether oxygens (including phenoxy) is 1. The molecule has 2 rings (SSSR count). The van der Waals surface area contributed by atoms with Gasteiger partial charge in [0.15, 0.2) is 5.78 Å². The lowest BCUT2D eigenvalue weighted by Gasteiger charge is -2.23. The van der Waals surface area contributed by atoms with Gasteiger partial charge < -0.3 is 4.74 Å². The standard InChI is InChI=1S/C13H16O2/c1-2-9-15-12-8-7-10-5-3-4-6-11(10)13(12)14/h3-6,12H,2,7-9H2,1H3. The largest absolute Gasteiger partial charge is 0.370 e. The van der Waals surface area contributed by atoms with Crippen LogP contribution < -0.4 is 0 Å². The van der Waals surface area contributed by atoms with E-state index in [0.29, 0.717) is 6.61 Å². The van der Waals surface area contributed by atoms with Crippen LogP contribution in [0.4, 0.5) is 0 Å². The molecule has 15 heavy (non-hydrogen) atoms. The van der Waals surface area contributed by atoms with Crippen molar-refractivity contribution in [2.24, 2.45) is 0 Å². The van der Waals surface area contributed by atoms with Crippen LogP contribution in [0.1, 0.15) is 35.7 Å². The molecule has 2 heteroatoms. The van der Waals surface area contributed by atoms with E-state index in [1.807, 2.05) is 24.3 Å². The number of ketones is 1. The highest BCUT2D eigenvalue weighted by molar-refractivity contribution is 6.01. The fourth-order valence-corrected chi connectivity index (χ4v) is 1.99. The predicted molar refractivity (Wildman–Crippen MR) is 59.1 cm³/mol. The zero-order chi connectivity index (χ0) is 10.7. The van der Waals surface area contributed by atoms with Gasteiger partial charge in [-0.3, -0.25) is 4.79 Å². The third-order valence-corrected chi connectivity index (χ3v) is 2.77. The van der Waals surface area contributed by atoms with Gasteiger partial charge in [0, 0.05) is 12.2 Å². The van der Waals surface area contributed by atoms with E-state index in [2.05, 4.69) is 6.92 Å². The van der Waals surface area contributed by atoms with Gasteiger partial charge in [-0.25, -0.2) is 0 Å². The summed E-state index contributed by atoms with van der Waals surface area (Å²) in [7, 11) is 0. The van der Waals surface area contributed by atoms with Gasteiger partial charge in [0.2, 0.25) is 0 Å². The maximum atomic E-state index is 12.0. The molecular weight excluding hydrogens is 188 g/mol. The molecule has 1 atom stereocenters. The molecule has 80 valence electrons. The number of aryl methyl sites for hydroxylation is 1. The summed E-state index contributed by atoms with van der Waals surface area (Å²) in [5, 5.41) is 0. The molecule has 0 spiro atoms. The highest BCUT2D eigenvalue weighted by Crippen LogP contribution is 2.22. The molecule has 1 unspecified atom stereocenters. The smallest absolute Gasteiger partial charge is 0.191 e. The molecule has 1 aromatic rings. The van der Waals surface area contributed by atoms with E-state index >= 15 is 0 Å². The van der Waals surface area contributed by atoms with Crippen molar-refractivity contribution >= 4 is 5.78 Å². The van der Waals surface area contributed by atoms with Gasteiger partial charge in [-0.2, -0.15) is 0 Å². The van der Waals surface area contributed by atoms with Crippen LogP contribution in [0.25, 0.3) is 0 Å². The number of carbonyl (C=O) groups excluding carboxylic acids is 1. The first-order chi connectivity index (χ1) is 7.33. The molecule has 0 aromatic heterocycles. The predicted octanol–water partition coefficient (Wildman–Crippen LogP) is 2.61. The van der Waals surface area contributed by atoms with Gasteiger partial charge >= 0.3 is 0 Å². The van der Waals surface area contributed by atoms with Crippen molar-refractivity contribution in [2.45, 2.75) is 32.3 Å². The van der Waals surface area contributed by atoms with E-state index < -0.39 is 0 Å². The van der Waals surface area contributed by atoms with Crippen LogP contribution in [0.2, 0.25) is 0 Å². The summed E-state index contributed by atoms with van der Waals surface area (Å²) in [5.74, 6) is 0.158. The van der Waals surface area contributed by atoms with Gasteiger partial charge in [0.1, 0.15) is 6.10 Å². The Morgan fingerprint density at radius 2 is 2.20 bits per heavy atom. The van der Waals surface area contributed by atoms with Gasteiger partial charge in [-0.1, -0.05) is 31.2 Å². The Hall–Kier alpha value is -1.15. The average molecular weight is 204 g/mol. The van der Waals surface area contributed by atoms with Crippen molar-refractivity contribution in [1.29, 1.82) is 0 Å². The fraction of sp³-hybridized carbons (Fsp3) is 0.462. The summed E-state index contributed by atoms with van der Waals surface area (Å²) >= 11 is 0. The molecule has 0 bridgehead atoms. The van der Waals surface area contributed by atoms with Crippen molar-refractivity contribution in [3.05, 3.63) is 35.4 Å². The Bertz CT molecular complexity index is 357. The number of hydrogen-bond acceptors (Lipinski definition) is 2. The van der Waals surface area contributed by atoms with Gasteiger partial charge in [0.25, 0.3) is 0 Å². The minimum atomic E-state index is -0.208. The third-order valence-electron chi connectivity index (χ3n) is 2.77. The van der Waals surface area contributed by atoms with Crippen LogP contribution in [0.3, 0.4) is 0 Å². The van der Waals surface area contributed by atoms with Crippen LogP contribution >= 0.6 is 0 Å². The van der Waals surface area contributed by atoms with Crippen LogP contribution in [-0.4, -0.2) is 18.5 Å². The second-order valence-electron chi connectivity index (χ2n) is 3.92. The summed E-state index contributed by atoms with van der Waals surface area (Å²) in [6, 6.07) is 7.83. The van der Waals surface area contributed by atoms with Crippen molar-refractivity contribution in [2.75, 3.05) is 6.61 Å². The lowest BCUT2D eigenvalue weighted by molar-refractivity contribution is 0.0359. The molecule has 1 aromatic carbocycles. The van der Waals surface area contributed by atoms with Crippen LogP contribution in [0.15, 0.2) is 24.3 Å². The first-order valence-electron chi connectivity index (χ1n) is 5.56. The number of hydrogen-bond donors (Lipinski definition) is 0. The number of benzene rings is 1. The Balaban J connectivity index is 2.15.